The average molecular weight is 263 g/mol. The molecule has 1 aromatic rings. The average Bonchev–Trinajstić information content (AvgIpc) is 2.03. The van der Waals surface area contributed by atoms with Crippen LogP contribution in [0.15, 0.2) is 18.2 Å². The van der Waals surface area contributed by atoms with Gasteiger partial charge in [-0.1, -0.05) is 23.2 Å². The summed E-state index contributed by atoms with van der Waals surface area (Å²) in [6.07, 6.45) is 0. The van der Waals surface area contributed by atoms with Crippen molar-refractivity contribution in [3.05, 3.63) is 34.9 Å². The molecule has 0 aliphatic rings. The maximum absolute atomic E-state index is 13.3. The molecule has 1 aromatic carbocycles. The van der Waals surface area contributed by atoms with Crippen LogP contribution in [0.2, 0.25) is 0 Å². The van der Waals surface area contributed by atoms with Gasteiger partial charge in [0.15, 0.2) is 0 Å². The molecular formula is C9H6BrClFN. The summed E-state index contributed by atoms with van der Waals surface area (Å²) in [5, 5.41) is 8.68. The minimum absolute atomic E-state index is 0.150. The lowest BCUT2D eigenvalue weighted by atomic mass is 10.1. The van der Waals surface area contributed by atoms with Crippen molar-refractivity contribution in [2.24, 2.45) is 0 Å². The predicted octanol–water partition coefficient (Wildman–Crippen LogP) is 3.58. The summed E-state index contributed by atoms with van der Waals surface area (Å²) in [6, 6.07) is 6.69. The van der Waals surface area contributed by atoms with Gasteiger partial charge < -0.3 is 0 Å². The largest absolute Gasteiger partial charge is 0.264 e. The van der Waals surface area contributed by atoms with E-state index < -0.39 is 4.04 Å². The molecule has 0 N–H and O–H groups in total. The number of hydrogen-bond donors (Lipinski definition) is 0. The number of alkyl halides is 3. The fourth-order valence-electron chi connectivity index (χ4n) is 0.990. The molecule has 1 unspecified atom stereocenters. The van der Waals surface area contributed by atoms with E-state index in [0.717, 1.165) is 5.56 Å². The number of halogens is 3. The highest BCUT2D eigenvalue weighted by atomic mass is 79.9. The summed E-state index contributed by atoms with van der Waals surface area (Å²) in [6.45, 7) is 1.81. The first-order valence-electron chi connectivity index (χ1n) is 3.53. The minimum Gasteiger partial charge on any atom is -0.208 e. The number of hydrogen-bond acceptors (Lipinski definition) is 1. The summed E-state index contributed by atoms with van der Waals surface area (Å²) in [4.78, 5) is 0. The molecule has 4 heteroatoms. The van der Waals surface area contributed by atoms with Gasteiger partial charge in [0.1, 0.15) is 0 Å². The first-order valence-corrected chi connectivity index (χ1v) is 4.70. The van der Waals surface area contributed by atoms with Gasteiger partial charge in [0.25, 0.3) is 4.04 Å². The SMILES string of the molecule is Cc1ccc(C#N)c(C(F)(Cl)Br)c1. The van der Waals surface area contributed by atoms with E-state index in [0.29, 0.717) is 0 Å². The number of aryl methyl sites for hydroxylation is 1. The first kappa shape index (κ1) is 10.5. The van der Waals surface area contributed by atoms with Crippen LogP contribution in [-0.4, -0.2) is 0 Å². The fraction of sp³-hybridized carbons (Fsp3) is 0.222. The van der Waals surface area contributed by atoms with Gasteiger partial charge in [0.2, 0.25) is 0 Å². The van der Waals surface area contributed by atoms with Crippen LogP contribution in [0.4, 0.5) is 4.39 Å². The van der Waals surface area contributed by atoms with Crippen LogP contribution in [0.1, 0.15) is 16.7 Å². The Morgan fingerprint density at radius 2 is 2.23 bits per heavy atom. The number of nitriles is 1. The highest BCUT2D eigenvalue weighted by Crippen LogP contribution is 2.39. The second-order valence-electron chi connectivity index (χ2n) is 2.66. The Morgan fingerprint density at radius 3 is 2.69 bits per heavy atom. The fourth-order valence-corrected chi connectivity index (χ4v) is 1.47. The molecule has 1 rings (SSSR count). The normalized spacial score (nSPS) is 14.7. The second-order valence-corrected chi connectivity index (χ2v) is 4.73. The van der Waals surface area contributed by atoms with Gasteiger partial charge in [-0.2, -0.15) is 5.26 Å². The molecule has 0 saturated heterocycles. The van der Waals surface area contributed by atoms with E-state index in [-0.39, 0.29) is 11.1 Å². The molecule has 0 fully saturated rings. The minimum atomic E-state index is -2.16. The molecule has 68 valence electrons. The Labute approximate surface area is 89.3 Å². The molecule has 0 aliphatic carbocycles. The third kappa shape index (κ3) is 2.43. The number of rotatable bonds is 1. The van der Waals surface area contributed by atoms with Crippen LogP contribution in [0.25, 0.3) is 0 Å². The van der Waals surface area contributed by atoms with E-state index in [9.17, 15) is 4.39 Å². The monoisotopic (exact) mass is 261 g/mol. The van der Waals surface area contributed by atoms with Crippen molar-refractivity contribution < 1.29 is 4.39 Å². The molecule has 0 saturated carbocycles. The maximum Gasteiger partial charge on any atom is 0.264 e. The Hall–Kier alpha value is -0.590. The van der Waals surface area contributed by atoms with E-state index in [1.165, 1.54) is 0 Å². The van der Waals surface area contributed by atoms with Crippen molar-refractivity contribution in [2.75, 3.05) is 0 Å². The summed E-state index contributed by atoms with van der Waals surface area (Å²) < 4.78 is 11.1. The Balaban J connectivity index is 3.35. The van der Waals surface area contributed by atoms with Gasteiger partial charge in [-0.05, 0) is 35.0 Å². The Bertz CT molecular complexity index is 365. The molecule has 0 bridgehead atoms. The van der Waals surface area contributed by atoms with Crippen LogP contribution in [0.3, 0.4) is 0 Å². The maximum atomic E-state index is 13.3. The standard InChI is InChI=1S/C9H6BrClFN/c1-6-2-3-7(5-13)8(4-6)9(10,11)12/h2-4H,1H3. The number of benzene rings is 1. The van der Waals surface area contributed by atoms with Crippen LogP contribution < -0.4 is 0 Å². The summed E-state index contributed by atoms with van der Waals surface area (Å²) >= 11 is 8.07. The van der Waals surface area contributed by atoms with E-state index in [1.54, 1.807) is 25.1 Å². The predicted molar refractivity (Wildman–Crippen MR) is 53.5 cm³/mol. The smallest absolute Gasteiger partial charge is 0.208 e. The van der Waals surface area contributed by atoms with Gasteiger partial charge >= 0.3 is 0 Å². The molecule has 1 atom stereocenters. The Kier molecular flexibility index (Phi) is 2.94. The van der Waals surface area contributed by atoms with Crippen molar-refractivity contribution in [1.29, 1.82) is 5.26 Å². The topological polar surface area (TPSA) is 23.8 Å². The van der Waals surface area contributed by atoms with Crippen molar-refractivity contribution in [2.45, 2.75) is 11.0 Å². The molecule has 13 heavy (non-hydrogen) atoms. The van der Waals surface area contributed by atoms with E-state index in [2.05, 4.69) is 15.9 Å². The Morgan fingerprint density at radius 1 is 1.62 bits per heavy atom. The summed E-state index contributed by atoms with van der Waals surface area (Å²) in [5.74, 6) is 0. The second kappa shape index (κ2) is 3.65. The zero-order valence-corrected chi connectivity index (χ0v) is 9.16. The molecule has 0 aromatic heterocycles. The number of nitrogens with zero attached hydrogens (tertiary/aromatic N) is 1. The lowest BCUT2D eigenvalue weighted by Crippen LogP contribution is -2.04. The molecule has 0 spiro atoms. The van der Waals surface area contributed by atoms with E-state index in [4.69, 9.17) is 16.9 Å². The van der Waals surface area contributed by atoms with Gasteiger partial charge in [-0.3, -0.25) is 0 Å². The summed E-state index contributed by atoms with van der Waals surface area (Å²) in [5.41, 5.74) is 1.24. The van der Waals surface area contributed by atoms with Gasteiger partial charge in [0, 0.05) is 5.56 Å². The third-order valence-corrected chi connectivity index (χ3v) is 2.23. The molecule has 0 amide bonds. The van der Waals surface area contributed by atoms with Gasteiger partial charge in [0.05, 0.1) is 11.6 Å². The molecule has 0 radical (unpaired) electrons. The zero-order chi connectivity index (χ0) is 10.1. The highest BCUT2D eigenvalue weighted by Gasteiger charge is 2.27. The molecule has 1 nitrogen and oxygen atoms in total. The quantitative estimate of drug-likeness (QED) is 0.710. The van der Waals surface area contributed by atoms with Crippen molar-refractivity contribution in [1.82, 2.24) is 0 Å². The van der Waals surface area contributed by atoms with Crippen LogP contribution in [0.5, 0.6) is 0 Å². The first-order chi connectivity index (χ1) is 5.95. The molecule has 0 heterocycles. The van der Waals surface area contributed by atoms with Gasteiger partial charge in [-0.15, -0.1) is 0 Å². The van der Waals surface area contributed by atoms with E-state index in [1.807, 2.05) is 6.07 Å². The lowest BCUT2D eigenvalue weighted by molar-refractivity contribution is 0.424. The van der Waals surface area contributed by atoms with Crippen LogP contribution in [-0.2, 0) is 4.04 Å². The van der Waals surface area contributed by atoms with Crippen LogP contribution in [0, 0.1) is 18.3 Å². The molecular weight excluding hydrogens is 256 g/mol. The molecule has 0 aliphatic heterocycles. The van der Waals surface area contributed by atoms with Crippen molar-refractivity contribution in [3.63, 3.8) is 0 Å². The van der Waals surface area contributed by atoms with Crippen molar-refractivity contribution in [3.8, 4) is 6.07 Å². The van der Waals surface area contributed by atoms with Crippen molar-refractivity contribution >= 4 is 27.5 Å². The van der Waals surface area contributed by atoms with Crippen LogP contribution >= 0.6 is 27.5 Å². The lowest BCUT2D eigenvalue weighted by Gasteiger charge is -2.12. The van der Waals surface area contributed by atoms with Gasteiger partial charge in [-0.25, -0.2) is 4.39 Å². The van der Waals surface area contributed by atoms with E-state index >= 15 is 0 Å². The highest BCUT2D eigenvalue weighted by molar-refractivity contribution is 9.10. The summed E-state index contributed by atoms with van der Waals surface area (Å²) in [7, 11) is 0. The zero-order valence-electron chi connectivity index (χ0n) is 6.81. The third-order valence-electron chi connectivity index (χ3n) is 1.60.